The number of rotatable bonds is 5. The summed E-state index contributed by atoms with van der Waals surface area (Å²) in [5.74, 6) is 0.830. The first-order valence-electron chi connectivity index (χ1n) is 5.95. The van der Waals surface area contributed by atoms with E-state index in [2.05, 4.69) is 26.6 Å². The Balaban J connectivity index is 2.05. The standard InChI is InChI=1S/C14H15BrN2O2/c1-16-14(18)8-10-4-2-3-5-12(10)17-9-11-6-7-13(15)19-11/h2-7,17H,8-9H2,1H3,(H,16,18). The molecular weight excluding hydrogens is 308 g/mol. The van der Waals surface area contributed by atoms with Gasteiger partial charge in [-0.2, -0.15) is 0 Å². The lowest BCUT2D eigenvalue weighted by Gasteiger charge is -2.10. The lowest BCUT2D eigenvalue weighted by atomic mass is 10.1. The van der Waals surface area contributed by atoms with Gasteiger partial charge in [0.25, 0.3) is 0 Å². The van der Waals surface area contributed by atoms with Crippen LogP contribution in [0.3, 0.4) is 0 Å². The lowest BCUT2D eigenvalue weighted by Crippen LogP contribution is -2.20. The van der Waals surface area contributed by atoms with E-state index in [4.69, 9.17) is 4.42 Å². The summed E-state index contributed by atoms with van der Waals surface area (Å²) in [4.78, 5) is 11.4. The van der Waals surface area contributed by atoms with Crippen LogP contribution < -0.4 is 10.6 Å². The Morgan fingerprint density at radius 2 is 2.05 bits per heavy atom. The van der Waals surface area contributed by atoms with E-state index in [-0.39, 0.29) is 5.91 Å². The van der Waals surface area contributed by atoms with Gasteiger partial charge in [0.1, 0.15) is 5.76 Å². The molecule has 1 aromatic heterocycles. The lowest BCUT2D eigenvalue weighted by molar-refractivity contribution is -0.119. The first-order chi connectivity index (χ1) is 9.19. The van der Waals surface area contributed by atoms with Crippen molar-refractivity contribution in [2.75, 3.05) is 12.4 Å². The Morgan fingerprint density at radius 1 is 1.26 bits per heavy atom. The summed E-state index contributed by atoms with van der Waals surface area (Å²) in [6.45, 7) is 0.580. The number of hydrogen-bond donors (Lipinski definition) is 2. The highest BCUT2D eigenvalue weighted by atomic mass is 79.9. The predicted molar refractivity (Wildman–Crippen MR) is 77.9 cm³/mol. The number of likely N-dealkylation sites (N-methyl/N-ethyl adjacent to an activating group) is 1. The Labute approximate surface area is 120 Å². The molecule has 0 bridgehead atoms. The van der Waals surface area contributed by atoms with Crippen LogP contribution in [0.2, 0.25) is 0 Å². The van der Waals surface area contributed by atoms with Gasteiger partial charge >= 0.3 is 0 Å². The Morgan fingerprint density at radius 3 is 2.74 bits per heavy atom. The molecule has 0 aliphatic carbocycles. The first-order valence-corrected chi connectivity index (χ1v) is 6.75. The molecule has 19 heavy (non-hydrogen) atoms. The summed E-state index contributed by atoms with van der Waals surface area (Å²) in [6.07, 6.45) is 0.363. The normalized spacial score (nSPS) is 10.2. The second-order valence-corrected chi connectivity index (χ2v) is 4.85. The highest BCUT2D eigenvalue weighted by molar-refractivity contribution is 9.10. The molecule has 0 spiro atoms. The molecule has 1 heterocycles. The van der Waals surface area contributed by atoms with Gasteiger partial charge in [0.05, 0.1) is 13.0 Å². The fraction of sp³-hybridized carbons (Fsp3) is 0.214. The van der Waals surface area contributed by atoms with Crippen LogP contribution in [-0.2, 0) is 17.8 Å². The van der Waals surface area contributed by atoms with E-state index in [1.807, 2.05) is 36.4 Å². The molecule has 2 rings (SSSR count). The molecule has 4 nitrogen and oxygen atoms in total. The molecule has 0 unspecified atom stereocenters. The van der Waals surface area contributed by atoms with Gasteiger partial charge < -0.3 is 15.1 Å². The van der Waals surface area contributed by atoms with Crippen molar-refractivity contribution in [3.63, 3.8) is 0 Å². The number of anilines is 1. The van der Waals surface area contributed by atoms with Gasteiger partial charge in [-0.15, -0.1) is 0 Å². The van der Waals surface area contributed by atoms with Crippen molar-refractivity contribution in [2.24, 2.45) is 0 Å². The number of hydrogen-bond acceptors (Lipinski definition) is 3. The number of halogens is 1. The molecule has 0 saturated carbocycles. The van der Waals surface area contributed by atoms with E-state index in [1.165, 1.54) is 0 Å². The van der Waals surface area contributed by atoms with Gasteiger partial charge in [0.2, 0.25) is 5.91 Å². The molecule has 0 fully saturated rings. The summed E-state index contributed by atoms with van der Waals surface area (Å²) in [5, 5.41) is 5.90. The van der Waals surface area contributed by atoms with Crippen molar-refractivity contribution in [1.29, 1.82) is 0 Å². The zero-order valence-electron chi connectivity index (χ0n) is 10.6. The molecule has 2 aromatic rings. The highest BCUT2D eigenvalue weighted by Gasteiger charge is 2.07. The van der Waals surface area contributed by atoms with E-state index >= 15 is 0 Å². The number of carbonyl (C=O) groups excluding carboxylic acids is 1. The van der Waals surface area contributed by atoms with Gasteiger partial charge in [0, 0.05) is 12.7 Å². The first kappa shape index (κ1) is 13.7. The number of amides is 1. The van der Waals surface area contributed by atoms with Crippen molar-refractivity contribution < 1.29 is 9.21 Å². The number of furan rings is 1. The maximum Gasteiger partial charge on any atom is 0.224 e. The van der Waals surface area contributed by atoms with Crippen LogP contribution in [0.4, 0.5) is 5.69 Å². The van der Waals surface area contributed by atoms with Crippen LogP contribution in [0.25, 0.3) is 0 Å². The zero-order valence-corrected chi connectivity index (χ0v) is 12.2. The van der Waals surface area contributed by atoms with Crippen LogP contribution in [0.1, 0.15) is 11.3 Å². The van der Waals surface area contributed by atoms with Crippen LogP contribution in [0, 0.1) is 0 Å². The minimum Gasteiger partial charge on any atom is -0.452 e. The van der Waals surface area contributed by atoms with Gasteiger partial charge in [-0.1, -0.05) is 18.2 Å². The maximum atomic E-state index is 11.4. The minimum absolute atomic E-state index is 0.00464. The molecule has 100 valence electrons. The largest absolute Gasteiger partial charge is 0.452 e. The van der Waals surface area contributed by atoms with Gasteiger partial charge in [-0.3, -0.25) is 4.79 Å². The van der Waals surface area contributed by atoms with Crippen LogP contribution in [0.5, 0.6) is 0 Å². The van der Waals surface area contributed by atoms with Crippen LogP contribution in [0.15, 0.2) is 45.5 Å². The average molecular weight is 323 g/mol. The van der Waals surface area contributed by atoms with Crippen LogP contribution in [-0.4, -0.2) is 13.0 Å². The Kier molecular flexibility index (Phi) is 4.63. The van der Waals surface area contributed by atoms with Gasteiger partial charge in [-0.25, -0.2) is 0 Å². The third-order valence-corrected chi connectivity index (χ3v) is 3.16. The highest BCUT2D eigenvalue weighted by Crippen LogP contribution is 2.19. The van der Waals surface area contributed by atoms with Crippen molar-refractivity contribution in [2.45, 2.75) is 13.0 Å². The summed E-state index contributed by atoms with van der Waals surface area (Å²) < 4.78 is 6.13. The summed E-state index contributed by atoms with van der Waals surface area (Å²) >= 11 is 3.27. The predicted octanol–water partition coefficient (Wildman–Crippen LogP) is 2.94. The third kappa shape index (κ3) is 3.86. The van der Waals surface area contributed by atoms with Crippen molar-refractivity contribution in [1.82, 2.24) is 5.32 Å². The molecule has 0 saturated heterocycles. The molecule has 0 aliphatic rings. The second-order valence-electron chi connectivity index (χ2n) is 4.07. The molecule has 5 heteroatoms. The van der Waals surface area contributed by atoms with Crippen molar-refractivity contribution in [3.05, 3.63) is 52.4 Å². The molecule has 1 amide bonds. The fourth-order valence-electron chi connectivity index (χ4n) is 1.74. The van der Waals surface area contributed by atoms with E-state index in [1.54, 1.807) is 7.05 Å². The number of para-hydroxylation sites is 1. The zero-order chi connectivity index (χ0) is 13.7. The van der Waals surface area contributed by atoms with E-state index in [0.29, 0.717) is 17.6 Å². The quantitative estimate of drug-likeness (QED) is 0.889. The third-order valence-electron chi connectivity index (χ3n) is 2.73. The van der Waals surface area contributed by atoms with Crippen molar-refractivity contribution in [3.8, 4) is 0 Å². The molecule has 0 atom stereocenters. The Bertz CT molecular complexity index is 566. The van der Waals surface area contributed by atoms with E-state index in [9.17, 15) is 4.79 Å². The topological polar surface area (TPSA) is 54.3 Å². The molecule has 1 aromatic carbocycles. The molecule has 2 N–H and O–H groups in total. The van der Waals surface area contributed by atoms with Gasteiger partial charge in [-0.05, 0) is 39.7 Å². The number of benzene rings is 1. The molecular formula is C14H15BrN2O2. The summed E-state index contributed by atoms with van der Waals surface area (Å²) in [7, 11) is 1.64. The Hall–Kier alpha value is -1.75. The summed E-state index contributed by atoms with van der Waals surface area (Å²) in [5.41, 5.74) is 1.91. The monoisotopic (exact) mass is 322 g/mol. The van der Waals surface area contributed by atoms with Crippen molar-refractivity contribution >= 4 is 27.5 Å². The van der Waals surface area contributed by atoms with E-state index < -0.39 is 0 Å². The number of carbonyl (C=O) groups is 1. The number of nitrogens with one attached hydrogen (secondary N) is 2. The molecule has 0 aliphatic heterocycles. The second kappa shape index (κ2) is 6.43. The summed E-state index contributed by atoms with van der Waals surface area (Å²) in [6, 6.07) is 11.5. The molecule has 0 radical (unpaired) electrons. The SMILES string of the molecule is CNC(=O)Cc1ccccc1NCc1ccc(Br)o1. The minimum atomic E-state index is -0.00464. The van der Waals surface area contributed by atoms with Crippen LogP contribution >= 0.6 is 15.9 Å². The maximum absolute atomic E-state index is 11.4. The fourth-order valence-corrected chi connectivity index (χ4v) is 2.08. The smallest absolute Gasteiger partial charge is 0.224 e. The van der Waals surface area contributed by atoms with E-state index in [0.717, 1.165) is 17.0 Å². The van der Waals surface area contributed by atoms with Gasteiger partial charge in [0.15, 0.2) is 4.67 Å². The average Bonchev–Trinajstić information content (AvgIpc) is 2.83.